The second-order valence-electron chi connectivity index (χ2n) is 13.2. The fraction of sp³-hybridized carbons (Fsp3) is 0.541. The second-order valence-corrected chi connectivity index (χ2v) is 13.6. The standard InChI is InChI=1S/C37H52ClN5O2/c1-5-6-7-8-9-10-11-12-13-14-15-16-17-18-26-45-31-24-22-28(23-25-31)36(44)39-30-21-19-20-29(27-30)34-40-35-32(38)33(37(2,3)4)41-43(35)42-34/h19-25,27,41H,5-18,26H2,1-4H3,(H,39,44). The minimum Gasteiger partial charge on any atom is -0.494 e. The van der Waals surface area contributed by atoms with Crippen molar-refractivity contribution >= 4 is 28.8 Å². The molecule has 4 aromatic rings. The van der Waals surface area contributed by atoms with Crippen molar-refractivity contribution in [2.45, 2.75) is 123 Å². The third-order valence-electron chi connectivity index (χ3n) is 8.25. The number of nitrogens with one attached hydrogen (secondary N) is 2. The van der Waals surface area contributed by atoms with Gasteiger partial charge in [0, 0.05) is 22.2 Å². The van der Waals surface area contributed by atoms with Crippen LogP contribution in [0.25, 0.3) is 17.0 Å². The number of halogens is 1. The molecule has 244 valence electrons. The van der Waals surface area contributed by atoms with Crippen molar-refractivity contribution in [3.05, 3.63) is 64.8 Å². The average Bonchev–Trinajstić information content (AvgIpc) is 3.59. The molecule has 0 radical (unpaired) electrons. The summed E-state index contributed by atoms with van der Waals surface area (Å²) in [6, 6.07) is 14.8. The Balaban J connectivity index is 1.13. The molecule has 0 saturated heterocycles. The van der Waals surface area contributed by atoms with E-state index in [1.54, 1.807) is 16.8 Å². The van der Waals surface area contributed by atoms with Crippen molar-refractivity contribution in [3.63, 3.8) is 0 Å². The van der Waals surface area contributed by atoms with Crippen LogP contribution in [0.3, 0.4) is 0 Å². The van der Waals surface area contributed by atoms with Gasteiger partial charge in [-0.2, -0.15) is 4.63 Å². The molecule has 0 aliphatic carbocycles. The average molecular weight is 634 g/mol. The maximum absolute atomic E-state index is 12.9. The number of benzene rings is 2. The molecule has 0 atom stereocenters. The van der Waals surface area contributed by atoms with E-state index >= 15 is 0 Å². The first-order valence-corrected chi connectivity index (χ1v) is 17.4. The van der Waals surface area contributed by atoms with Crippen LogP contribution in [0.1, 0.15) is 134 Å². The molecule has 0 saturated carbocycles. The minimum absolute atomic E-state index is 0.153. The number of anilines is 1. The van der Waals surface area contributed by atoms with Gasteiger partial charge in [0.15, 0.2) is 11.5 Å². The van der Waals surface area contributed by atoms with Crippen LogP contribution in [0.4, 0.5) is 5.69 Å². The SMILES string of the molecule is CCCCCCCCCCCCCCCCOc1ccc(C(=O)Nc2cccc(-c3nc4c(Cl)c(C(C)(C)C)[nH]n4n3)c2)cc1. The maximum Gasteiger partial charge on any atom is 0.255 e. The lowest BCUT2D eigenvalue weighted by Crippen LogP contribution is -2.13. The van der Waals surface area contributed by atoms with E-state index in [9.17, 15) is 4.79 Å². The van der Waals surface area contributed by atoms with Crippen molar-refractivity contribution in [1.82, 2.24) is 19.8 Å². The third-order valence-corrected chi connectivity index (χ3v) is 8.61. The largest absolute Gasteiger partial charge is 0.494 e. The van der Waals surface area contributed by atoms with Crippen LogP contribution in [0.2, 0.25) is 5.02 Å². The molecular formula is C37H52ClN5O2. The molecule has 2 aromatic heterocycles. The molecule has 7 nitrogen and oxygen atoms in total. The van der Waals surface area contributed by atoms with E-state index in [1.165, 1.54) is 83.5 Å². The highest BCUT2D eigenvalue weighted by atomic mass is 35.5. The van der Waals surface area contributed by atoms with Gasteiger partial charge in [0.1, 0.15) is 10.8 Å². The molecular weight excluding hydrogens is 582 g/mol. The summed E-state index contributed by atoms with van der Waals surface area (Å²) in [7, 11) is 0. The van der Waals surface area contributed by atoms with E-state index in [0.29, 0.717) is 34.4 Å². The monoisotopic (exact) mass is 633 g/mol. The molecule has 45 heavy (non-hydrogen) atoms. The van der Waals surface area contributed by atoms with Gasteiger partial charge < -0.3 is 10.1 Å². The van der Waals surface area contributed by atoms with Crippen LogP contribution < -0.4 is 10.1 Å². The fourth-order valence-corrected chi connectivity index (χ4v) is 5.99. The number of unbranched alkanes of at least 4 members (excludes halogenated alkanes) is 13. The molecule has 4 rings (SSSR count). The Kier molecular flexibility index (Phi) is 13.4. The van der Waals surface area contributed by atoms with E-state index in [4.69, 9.17) is 16.3 Å². The van der Waals surface area contributed by atoms with Crippen molar-refractivity contribution < 1.29 is 9.53 Å². The van der Waals surface area contributed by atoms with Crippen molar-refractivity contribution in [3.8, 4) is 17.1 Å². The zero-order valence-corrected chi connectivity index (χ0v) is 28.5. The molecule has 0 aliphatic rings. The van der Waals surface area contributed by atoms with Crippen molar-refractivity contribution in [2.75, 3.05) is 11.9 Å². The minimum atomic E-state index is -0.187. The normalized spacial score (nSPS) is 11.8. The number of rotatable bonds is 19. The molecule has 1 amide bonds. The van der Waals surface area contributed by atoms with Gasteiger partial charge >= 0.3 is 0 Å². The number of fused-ring (bicyclic) bond motifs is 1. The van der Waals surface area contributed by atoms with Crippen LogP contribution in [0.15, 0.2) is 48.5 Å². The Morgan fingerprint density at radius 2 is 1.47 bits per heavy atom. The summed E-state index contributed by atoms with van der Waals surface area (Å²) in [5.41, 5.74) is 3.33. The zero-order valence-electron chi connectivity index (χ0n) is 27.8. The summed E-state index contributed by atoms with van der Waals surface area (Å²) >= 11 is 6.59. The molecule has 8 heteroatoms. The Bertz CT molecular complexity index is 1470. The number of carbonyl (C=O) groups is 1. The molecule has 0 spiro atoms. The Morgan fingerprint density at radius 1 is 0.867 bits per heavy atom. The fourth-order valence-electron chi connectivity index (χ4n) is 5.55. The summed E-state index contributed by atoms with van der Waals surface area (Å²) < 4.78 is 7.53. The van der Waals surface area contributed by atoms with Gasteiger partial charge in [-0.25, -0.2) is 4.98 Å². The summed E-state index contributed by atoms with van der Waals surface area (Å²) in [4.78, 5) is 17.6. The smallest absolute Gasteiger partial charge is 0.255 e. The lowest BCUT2D eigenvalue weighted by Gasteiger charge is -2.16. The number of aromatic nitrogens is 4. The van der Waals surface area contributed by atoms with Crippen LogP contribution in [0.5, 0.6) is 5.75 Å². The van der Waals surface area contributed by atoms with E-state index in [1.807, 2.05) is 36.4 Å². The lowest BCUT2D eigenvalue weighted by atomic mass is 9.92. The van der Waals surface area contributed by atoms with Crippen LogP contribution in [0, 0.1) is 0 Å². The van der Waals surface area contributed by atoms with Gasteiger partial charge in [-0.1, -0.05) is 135 Å². The number of hydrogen-bond acceptors (Lipinski definition) is 4. The molecule has 2 aromatic carbocycles. The molecule has 0 fully saturated rings. The first-order chi connectivity index (χ1) is 21.8. The molecule has 0 unspecified atom stereocenters. The van der Waals surface area contributed by atoms with E-state index in [0.717, 1.165) is 23.4 Å². The molecule has 2 heterocycles. The summed E-state index contributed by atoms with van der Waals surface area (Å²) in [5.74, 6) is 1.13. The van der Waals surface area contributed by atoms with Gasteiger partial charge in [-0.05, 0) is 42.8 Å². The number of ether oxygens (including phenoxy) is 1. The lowest BCUT2D eigenvalue weighted by molar-refractivity contribution is 0.102. The first kappa shape index (κ1) is 34.6. The van der Waals surface area contributed by atoms with Crippen molar-refractivity contribution in [1.29, 1.82) is 0 Å². The Morgan fingerprint density at radius 3 is 2.04 bits per heavy atom. The highest BCUT2D eigenvalue weighted by Gasteiger charge is 2.24. The number of H-pyrrole nitrogens is 1. The van der Waals surface area contributed by atoms with Crippen LogP contribution in [-0.4, -0.2) is 32.3 Å². The number of aromatic amines is 1. The molecule has 2 N–H and O–H groups in total. The Hall–Kier alpha value is -3.32. The number of carbonyl (C=O) groups excluding carboxylic acids is 1. The van der Waals surface area contributed by atoms with Gasteiger partial charge in [0.2, 0.25) is 0 Å². The molecule has 0 bridgehead atoms. The van der Waals surface area contributed by atoms with E-state index < -0.39 is 0 Å². The predicted octanol–water partition coefficient (Wildman–Crippen LogP) is 10.8. The summed E-state index contributed by atoms with van der Waals surface area (Å²) in [6.45, 7) is 9.23. The predicted molar refractivity (Wildman–Crippen MR) is 187 cm³/mol. The number of nitrogens with zero attached hydrogens (tertiary/aromatic N) is 3. The maximum atomic E-state index is 12.9. The second kappa shape index (κ2) is 17.4. The van der Waals surface area contributed by atoms with E-state index in [-0.39, 0.29) is 11.3 Å². The number of hydrogen-bond donors (Lipinski definition) is 2. The van der Waals surface area contributed by atoms with Crippen LogP contribution >= 0.6 is 11.6 Å². The van der Waals surface area contributed by atoms with Crippen molar-refractivity contribution in [2.24, 2.45) is 0 Å². The highest BCUT2D eigenvalue weighted by Crippen LogP contribution is 2.32. The highest BCUT2D eigenvalue weighted by molar-refractivity contribution is 6.34. The first-order valence-electron chi connectivity index (χ1n) is 17.1. The number of amides is 1. The van der Waals surface area contributed by atoms with Gasteiger partial charge in [-0.3, -0.25) is 9.89 Å². The summed E-state index contributed by atoms with van der Waals surface area (Å²) in [6.07, 6.45) is 18.8. The van der Waals surface area contributed by atoms with Gasteiger partial charge in [0.05, 0.1) is 12.3 Å². The molecule has 0 aliphatic heterocycles. The quantitative estimate of drug-likeness (QED) is 0.101. The third kappa shape index (κ3) is 10.6. The topological polar surface area (TPSA) is 84.3 Å². The summed E-state index contributed by atoms with van der Waals surface area (Å²) in [5, 5.41) is 11.4. The van der Waals surface area contributed by atoms with Crippen LogP contribution in [-0.2, 0) is 5.41 Å². The van der Waals surface area contributed by atoms with Gasteiger partial charge in [-0.15, -0.1) is 5.10 Å². The van der Waals surface area contributed by atoms with Gasteiger partial charge in [0.25, 0.3) is 5.91 Å². The Labute approximate surface area is 274 Å². The van der Waals surface area contributed by atoms with E-state index in [2.05, 4.69) is 48.2 Å². The zero-order chi connectivity index (χ0) is 32.1.